The monoisotopic (exact) mass is 480 g/mol. The molecule has 3 aromatic rings. The number of ether oxygens (including phenoxy) is 2. The highest BCUT2D eigenvalue weighted by Crippen LogP contribution is 2.32. The van der Waals surface area contributed by atoms with Gasteiger partial charge in [0.15, 0.2) is 6.61 Å². The first-order chi connectivity index (χ1) is 14.9. The molecule has 0 spiro atoms. The van der Waals surface area contributed by atoms with Crippen LogP contribution < -0.4 is 14.9 Å². The number of nitrogens with zero attached hydrogens (tertiary/aromatic N) is 1. The van der Waals surface area contributed by atoms with Crippen LogP contribution in [0, 0.1) is 6.92 Å². The molecule has 160 valence electrons. The molecule has 0 aliphatic carbocycles. The van der Waals surface area contributed by atoms with Gasteiger partial charge >= 0.3 is 0 Å². The van der Waals surface area contributed by atoms with E-state index in [1.807, 2.05) is 73.7 Å². The molecule has 0 bridgehead atoms. The fourth-order valence-electron chi connectivity index (χ4n) is 2.88. The van der Waals surface area contributed by atoms with E-state index in [1.54, 1.807) is 6.21 Å². The number of carbonyl (C=O) groups is 1. The largest absolute Gasteiger partial charge is 0.483 e. The highest BCUT2D eigenvalue weighted by Gasteiger charge is 2.12. The van der Waals surface area contributed by atoms with Gasteiger partial charge in [-0.3, -0.25) is 4.79 Å². The summed E-state index contributed by atoms with van der Waals surface area (Å²) >= 11 is 3.55. The Morgan fingerprint density at radius 1 is 1.06 bits per heavy atom. The number of para-hydroxylation sites is 1. The molecule has 0 heterocycles. The lowest BCUT2D eigenvalue weighted by Gasteiger charge is -2.15. The summed E-state index contributed by atoms with van der Waals surface area (Å²) < 4.78 is 12.6. The van der Waals surface area contributed by atoms with Crippen LogP contribution in [-0.4, -0.2) is 18.7 Å². The van der Waals surface area contributed by atoms with Gasteiger partial charge in [0.2, 0.25) is 0 Å². The van der Waals surface area contributed by atoms with Gasteiger partial charge in [0.25, 0.3) is 5.91 Å². The van der Waals surface area contributed by atoms with Crippen LogP contribution in [0.25, 0.3) is 0 Å². The SMILES string of the molecule is Cc1cc(OCC(=O)NN=Cc2cccc(Oc3ccccc3)c2)c(C(C)C)cc1Br. The molecule has 0 aliphatic rings. The average Bonchev–Trinajstić information content (AvgIpc) is 2.75. The van der Waals surface area contributed by atoms with E-state index in [-0.39, 0.29) is 18.4 Å². The minimum atomic E-state index is -0.330. The first kappa shape index (κ1) is 22.6. The summed E-state index contributed by atoms with van der Waals surface area (Å²) in [5.74, 6) is 2.10. The summed E-state index contributed by atoms with van der Waals surface area (Å²) in [7, 11) is 0. The Morgan fingerprint density at radius 2 is 1.81 bits per heavy atom. The molecule has 0 atom stereocenters. The molecule has 3 rings (SSSR count). The summed E-state index contributed by atoms with van der Waals surface area (Å²) in [4.78, 5) is 12.2. The Bertz CT molecular complexity index is 1070. The van der Waals surface area contributed by atoms with Crippen molar-refractivity contribution in [1.82, 2.24) is 5.43 Å². The zero-order chi connectivity index (χ0) is 22.2. The fraction of sp³-hybridized carbons (Fsp3) is 0.200. The lowest BCUT2D eigenvalue weighted by molar-refractivity contribution is -0.123. The molecule has 6 heteroatoms. The molecule has 5 nitrogen and oxygen atoms in total. The van der Waals surface area contributed by atoms with Crippen LogP contribution in [0.3, 0.4) is 0 Å². The number of benzene rings is 3. The zero-order valence-electron chi connectivity index (χ0n) is 17.8. The standard InChI is InChI=1S/C25H25BrN2O3/c1-17(2)22-14-23(26)18(3)12-24(22)30-16-25(29)28-27-15-19-8-7-11-21(13-19)31-20-9-5-4-6-10-20/h4-15,17H,16H2,1-3H3,(H,28,29). The number of aryl methyl sites for hydroxylation is 1. The average molecular weight is 481 g/mol. The number of hydrazone groups is 1. The molecule has 1 N–H and O–H groups in total. The molecule has 0 saturated heterocycles. The molecular formula is C25H25BrN2O3. The lowest BCUT2D eigenvalue weighted by atomic mass is 10.0. The highest BCUT2D eigenvalue weighted by molar-refractivity contribution is 9.10. The molecule has 0 saturated carbocycles. The minimum Gasteiger partial charge on any atom is -0.483 e. The third-order valence-electron chi connectivity index (χ3n) is 4.51. The second kappa shape index (κ2) is 10.8. The van der Waals surface area contributed by atoms with Crippen LogP contribution in [0.15, 0.2) is 76.3 Å². The van der Waals surface area contributed by atoms with Gasteiger partial charge in [-0.2, -0.15) is 5.10 Å². The first-order valence-electron chi connectivity index (χ1n) is 10.00. The number of amides is 1. The normalized spacial score (nSPS) is 11.0. The van der Waals surface area contributed by atoms with E-state index >= 15 is 0 Å². The quantitative estimate of drug-likeness (QED) is 0.308. The molecule has 0 aromatic heterocycles. The van der Waals surface area contributed by atoms with Crippen molar-refractivity contribution in [3.8, 4) is 17.2 Å². The summed E-state index contributed by atoms with van der Waals surface area (Å²) in [6.45, 7) is 6.05. The summed E-state index contributed by atoms with van der Waals surface area (Å²) in [5, 5.41) is 4.02. The maximum atomic E-state index is 12.2. The number of rotatable bonds is 8. The van der Waals surface area contributed by atoms with Crippen LogP contribution in [0.1, 0.15) is 36.5 Å². The van der Waals surface area contributed by atoms with Crippen molar-refractivity contribution < 1.29 is 14.3 Å². The van der Waals surface area contributed by atoms with E-state index in [4.69, 9.17) is 9.47 Å². The Labute approximate surface area is 191 Å². The van der Waals surface area contributed by atoms with Gasteiger partial charge in [0, 0.05) is 4.47 Å². The van der Waals surface area contributed by atoms with Crippen LogP contribution >= 0.6 is 15.9 Å². The number of hydrogen-bond donors (Lipinski definition) is 1. The van der Waals surface area contributed by atoms with E-state index in [0.29, 0.717) is 11.5 Å². The molecule has 0 aliphatic heterocycles. The molecule has 31 heavy (non-hydrogen) atoms. The third-order valence-corrected chi connectivity index (χ3v) is 5.37. The fourth-order valence-corrected chi connectivity index (χ4v) is 3.25. The van der Waals surface area contributed by atoms with E-state index in [1.165, 1.54) is 0 Å². The smallest absolute Gasteiger partial charge is 0.277 e. The Kier molecular flexibility index (Phi) is 7.84. The van der Waals surface area contributed by atoms with Crippen molar-refractivity contribution in [2.24, 2.45) is 5.10 Å². The number of nitrogens with one attached hydrogen (secondary N) is 1. The van der Waals surface area contributed by atoms with E-state index in [2.05, 4.69) is 40.3 Å². The van der Waals surface area contributed by atoms with Crippen molar-refractivity contribution >= 4 is 28.1 Å². The van der Waals surface area contributed by atoms with E-state index in [9.17, 15) is 4.79 Å². The highest BCUT2D eigenvalue weighted by atomic mass is 79.9. The number of hydrogen-bond acceptors (Lipinski definition) is 4. The van der Waals surface area contributed by atoms with Crippen LogP contribution in [0.4, 0.5) is 0 Å². The lowest BCUT2D eigenvalue weighted by Crippen LogP contribution is -2.25. The molecule has 3 aromatic carbocycles. The molecular weight excluding hydrogens is 456 g/mol. The summed E-state index contributed by atoms with van der Waals surface area (Å²) in [5.41, 5.74) is 5.40. The summed E-state index contributed by atoms with van der Waals surface area (Å²) in [6, 6.07) is 21.0. The third kappa shape index (κ3) is 6.69. The van der Waals surface area contributed by atoms with Crippen molar-refractivity contribution in [3.63, 3.8) is 0 Å². The van der Waals surface area contributed by atoms with Crippen molar-refractivity contribution in [2.45, 2.75) is 26.7 Å². The van der Waals surface area contributed by atoms with Crippen LogP contribution in [0.5, 0.6) is 17.2 Å². The molecule has 0 fully saturated rings. The Morgan fingerprint density at radius 3 is 2.55 bits per heavy atom. The topological polar surface area (TPSA) is 59.9 Å². The zero-order valence-corrected chi connectivity index (χ0v) is 19.3. The van der Waals surface area contributed by atoms with Gasteiger partial charge in [-0.05, 0) is 65.9 Å². The number of carbonyl (C=O) groups excluding carboxylic acids is 1. The van der Waals surface area contributed by atoms with E-state index in [0.717, 1.165) is 26.9 Å². The predicted molar refractivity (Wildman–Crippen MR) is 127 cm³/mol. The van der Waals surface area contributed by atoms with Crippen LogP contribution in [0.2, 0.25) is 0 Å². The first-order valence-corrected chi connectivity index (χ1v) is 10.8. The van der Waals surface area contributed by atoms with Gasteiger partial charge < -0.3 is 9.47 Å². The minimum absolute atomic E-state index is 0.116. The molecule has 1 amide bonds. The maximum absolute atomic E-state index is 12.2. The van der Waals surface area contributed by atoms with E-state index < -0.39 is 0 Å². The van der Waals surface area contributed by atoms with Gasteiger partial charge in [-0.15, -0.1) is 0 Å². The van der Waals surface area contributed by atoms with Gasteiger partial charge in [0.05, 0.1) is 6.21 Å². The molecule has 0 radical (unpaired) electrons. The molecule has 0 unspecified atom stereocenters. The maximum Gasteiger partial charge on any atom is 0.277 e. The number of halogens is 1. The van der Waals surface area contributed by atoms with Gasteiger partial charge in [0.1, 0.15) is 17.2 Å². The van der Waals surface area contributed by atoms with Crippen molar-refractivity contribution in [1.29, 1.82) is 0 Å². The van der Waals surface area contributed by atoms with Crippen molar-refractivity contribution in [2.75, 3.05) is 6.61 Å². The second-order valence-corrected chi connectivity index (χ2v) is 8.22. The predicted octanol–water partition coefficient (Wildman–Crippen LogP) is 6.20. The van der Waals surface area contributed by atoms with Crippen molar-refractivity contribution in [3.05, 3.63) is 87.9 Å². The Hall–Kier alpha value is -3.12. The Balaban J connectivity index is 1.55. The summed E-state index contributed by atoms with van der Waals surface area (Å²) in [6.07, 6.45) is 1.57. The van der Waals surface area contributed by atoms with Gasteiger partial charge in [-0.25, -0.2) is 5.43 Å². The second-order valence-electron chi connectivity index (χ2n) is 7.36. The van der Waals surface area contributed by atoms with Crippen LogP contribution in [-0.2, 0) is 4.79 Å². The van der Waals surface area contributed by atoms with Gasteiger partial charge in [-0.1, -0.05) is 60.1 Å².